The highest BCUT2D eigenvalue weighted by Gasteiger charge is 2.23. The van der Waals surface area contributed by atoms with Gasteiger partial charge in [0.15, 0.2) is 12.6 Å². The summed E-state index contributed by atoms with van der Waals surface area (Å²) in [6.45, 7) is 11.0. The molecule has 8 heteroatoms. The molecule has 0 radical (unpaired) electrons. The molecule has 0 saturated carbocycles. The zero-order valence-corrected chi connectivity index (χ0v) is 33.8. The summed E-state index contributed by atoms with van der Waals surface area (Å²) in [6, 6.07) is 14.0. The molecule has 0 saturated heterocycles. The first-order chi connectivity index (χ1) is 25.0. The van der Waals surface area contributed by atoms with Crippen LogP contribution in [0.3, 0.4) is 0 Å². The van der Waals surface area contributed by atoms with E-state index in [0.717, 1.165) is 41.8 Å². The lowest BCUT2D eigenvalue weighted by atomic mass is 10.1. The van der Waals surface area contributed by atoms with Crippen LogP contribution in [0.1, 0.15) is 128 Å². The van der Waals surface area contributed by atoms with Gasteiger partial charge in [0.25, 0.3) is 0 Å². The number of unbranched alkanes of at least 4 members (excludes halogenated alkanes) is 9. The molecule has 6 heterocycles. The van der Waals surface area contributed by atoms with Crippen molar-refractivity contribution in [3.63, 3.8) is 0 Å². The number of rotatable bonds is 19. The third kappa shape index (κ3) is 7.18. The van der Waals surface area contributed by atoms with Crippen LogP contribution in [0, 0.1) is 6.92 Å². The summed E-state index contributed by atoms with van der Waals surface area (Å²) < 4.78 is 7.92. The van der Waals surface area contributed by atoms with Crippen molar-refractivity contribution in [2.75, 3.05) is 0 Å². The lowest BCUT2D eigenvalue weighted by molar-refractivity contribution is 0.111. The van der Waals surface area contributed by atoms with E-state index in [0.29, 0.717) is 0 Å². The summed E-state index contributed by atoms with van der Waals surface area (Å²) in [5, 5.41) is 2.70. The SMILES string of the molecule is CCCCCCc1cc(C=O)sc1-c1cc2c(s1)c1cc3c(cc1n2CCCCCC)c1sc(-c2sc(C=O)cc2C)cc1n3CCCCCC. The van der Waals surface area contributed by atoms with Gasteiger partial charge in [-0.05, 0) is 80.1 Å². The van der Waals surface area contributed by atoms with E-state index < -0.39 is 0 Å². The van der Waals surface area contributed by atoms with Crippen molar-refractivity contribution >= 4 is 100 Å². The number of carbonyl (C=O) groups excluding carboxylic acids is 2. The first-order valence-corrected chi connectivity index (χ1v) is 22.4. The fourth-order valence-corrected chi connectivity index (χ4v) is 12.4. The number of carbonyl (C=O) groups is 2. The van der Waals surface area contributed by atoms with Crippen LogP contribution in [0.15, 0.2) is 36.4 Å². The Bertz CT molecular complexity index is 2300. The molecule has 0 aliphatic heterocycles. The van der Waals surface area contributed by atoms with Crippen LogP contribution in [0.2, 0.25) is 0 Å². The second kappa shape index (κ2) is 16.3. The zero-order valence-electron chi connectivity index (χ0n) is 30.6. The Balaban J connectivity index is 1.40. The van der Waals surface area contributed by atoms with Gasteiger partial charge in [-0.2, -0.15) is 0 Å². The molecule has 0 aliphatic rings. The second-order valence-electron chi connectivity index (χ2n) is 14.2. The summed E-state index contributed by atoms with van der Waals surface area (Å²) in [6.07, 6.45) is 17.7. The first kappa shape index (κ1) is 36.3. The van der Waals surface area contributed by atoms with E-state index in [9.17, 15) is 9.59 Å². The Morgan fingerprint density at radius 1 is 0.529 bits per heavy atom. The molecule has 0 fully saturated rings. The molecule has 7 aromatic rings. The maximum absolute atomic E-state index is 11.9. The van der Waals surface area contributed by atoms with Gasteiger partial charge in [-0.25, -0.2) is 0 Å². The van der Waals surface area contributed by atoms with Gasteiger partial charge >= 0.3 is 0 Å². The summed E-state index contributed by atoms with van der Waals surface area (Å²) in [7, 11) is 0. The van der Waals surface area contributed by atoms with Crippen molar-refractivity contribution < 1.29 is 9.59 Å². The highest BCUT2D eigenvalue weighted by molar-refractivity contribution is 7.28. The van der Waals surface area contributed by atoms with Crippen molar-refractivity contribution in [1.82, 2.24) is 9.13 Å². The maximum Gasteiger partial charge on any atom is 0.160 e. The number of benzene rings is 1. The largest absolute Gasteiger partial charge is 0.340 e. The van der Waals surface area contributed by atoms with Crippen molar-refractivity contribution in [3.8, 4) is 19.5 Å². The molecule has 0 N–H and O–H groups in total. The van der Waals surface area contributed by atoms with Crippen LogP contribution in [0.5, 0.6) is 0 Å². The maximum atomic E-state index is 11.9. The van der Waals surface area contributed by atoms with Crippen LogP contribution in [0.25, 0.3) is 61.7 Å². The molecule has 0 bridgehead atoms. The lowest BCUT2D eigenvalue weighted by Crippen LogP contribution is -1.98. The van der Waals surface area contributed by atoms with Gasteiger partial charge in [0, 0.05) is 43.4 Å². The highest BCUT2D eigenvalue weighted by atomic mass is 32.1. The van der Waals surface area contributed by atoms with E-state index in [1.807, 2.05) is 28.7 Å². The molecule has 0 atom stereocenters. The molecule has 7 rings (SSSR count). The highest BCUT2D eigenvalue weighted by Crippen LogP contribution is 2.48. The Kier molecular flexibility index (Phi) is 11.6. The summed E-state index contributed by atoms with van der Waals surface area (Å²) in [5.74, 6) is 0. The number of aryl methyl sites for hydroxylation is 4. The molecule has 0 unspecified atom stereocenters. The van der Waals surface area contributed by atoms with Crippen molar-refractivity contribution in [3.05, 3.63) is 57.3 Å². The quantitative estimate of drug-likeness (QED) is 0.0609. The van der Waals surface area contributed by atoms with Gasteiger partial charge in [-0.1, -0.05) is 78.6 Å². The third-order valence-corrected chi connectivity index (χ3v) is 15.3. The van der Waals surface area contributed by atoms with E-state index in [1.165, 1.54) is 150 Å². The monoisotopic (exact) mass is 754 g/mol. The second-order valence-corrected chi connectivity index (χ2v) is 18.4. The normalized spacial score (nSPS) is 12.1. The van der Waals surface area contributed by atoms with Gasteiger partial charge < -0.3 is 9.13 Å². The van der Waals surface area contributed by atoms with E-state index in [-0.39, 0.29) is 0 Å². The fraction of sp³-hybridized carbons (Fsp3) is 0.442. The average molecular weight is 755 g/mol. The number of fused-ring (bicyclic) bond motifs is 6. The third-order valence-electron chi connectivity index (χ3n) is 10.4. The summed E-state index contributed by atoms with van der Waals surface area (Å²) in [4.78, 5) is 30.3. The molecule has 0 aliphatic carbocycles. The first-order valence-electron chi connectivity index (χ1n) is 19.1. The van der Waals surface area contributed by atoms with Gasteiger partial charge in [0.1, 0.15) is 0 Å². The Labute approximate surface area is 318 Å². The Hall–Kier alpha value is -3.04. The van der Waals surface area contributed by atoms with Crippen molar-refractivity contribution in [2.45, 2.75) is 124 Å². The van der Waals surface area contributed by atoms with Crippen LogP contribution in [-0.2, 0) is 19.5 Å². The minimum Gasteiger partial charge on any atom is -0.340 e. The van der Waals surface area contributed by atoms with Gasteiger partial charge in [-0.3, -0.25) is 9.59 Å². The standard InChI is InChI=1S/C43H50N2O2S4/c1-5-8-11-14-17-29-21-31(27-47)49-41(29)39-25-37-43(51-39)33-23-34-32(22-35(33)45(37)19-16-13-10-7-3)42-36(44(34)18-15-12-9-6-2)24-38(50-42)40-28(4)20-30(26-46)48-40/h20-27H,5-19H2,1-4H3. The van der Waals surface area contributed by atoms with E-state index >= 15 is 0 Å². The minimum atomic E-state index is 0.795. The number of hydrogen-bond donors (Lipinski definition) is 0. The van der Waals surface area contributed by atoms with Gasteiger partial charge in [-0.15, -0.1) is 45.3 Å². The molecular formula is C43H50N2O2S4. The van der Waals surface area contributed by atoms with Crippen LogP contribution >= 0.6 is 45.3 Å². The predicted octanol–water partition coefficient (Wildman–Crippen LogP) is 14.7. The molecule has 268 valence electrons. The molecule has 0 spiro atoms. The summed E-state index contributed by atoms with van der Waals surface area (Å²) >= 11 is 7.08. The smallest absolute Gasteiger partial charge is 0.160 e. The number of aromatic nitrogens is 2. The van der Waals surface area contributed by atoms with E-state index in [1.54, 1.807) is 22.7 Å². The van der Waals surface area contributed by atoms with Crippen molar-refractivity contribution in [2.24, 2.45) is 0 Å². The lowest BCUT2D eigenvalue weighted by Gasteiger charge is -2.09. The molecule has 0 amide bonds. The van der Waals surface area contributed by atoms with E-state index in [4.69, 9.17) is 0 Å². The number of aldehydes is 2. The summed E-state index contributed by atoms with van der Waals surface area (Å²) in [5.41, 5.74) is 7.84. The zero-order chi connectivity index (χ0) is 35.5. The van der Waals surface area contributed by atoms with Crippen molar-refractivity contribution in [1.29, 1.82) is 0 Å². The fourth-order valence-electron chi connectivity index (χ4n) is 7.75. The van der Waals surface area contributed by atoms with Gasteiger partial charge in [0.2, 0.25) is 0 Å². The average Bonchev–Trinajstić information content (AvgIpc) is 3.98. The molecular weight excluding hydrogens is 705 g/mol. The molecule has 6 aromatic heterocycles. The van der Waals surface area contributed by atoms with Crippen LogP contribution in [-0.4, -0.2) is 21.7 Å². The van der Waals surface area contributed by atoms with Gasteiger partial charge in [0.05, 0.1) is 41.2 Å². The molecule has 51 heavy (non-hydrogen) atoms. The Morgan fingerprint density at radius 3 is 1.53 bits per heavy atom. The Morgan fingerprint density at radius 2 is 1.02 bits per heavy atom. The molecule has 4 nitrogen and oxygen atoms in total. The minimum absolute atomic E-state index is 0.795. The number of thiophene rings is 4. The van der Waals surface area contributed by atoms with Crippen LogP contribution < -0.4 is 0 Å². The van der Waals surface area contributed by atoms with Crippen LogP contribution in [0.4, 0.5) is 0 Å². The molecule has 1 aromatic carbocycles. The van der Waals surface area contributed by atoms with E-state index in [2.05, 4.69) is 67.2 Å². The number of nitrogens with zero attached hydrogens (tertiary/aromatic N) is 2. The predicted molar refractivity (Wildman–Crippen MR) is 226 cm³/mol. The topological polar surface area (TPSA) is 44.0 Å². The number of hydrogen-bond acceptors (Lipinski definition) is 6.